The molecular formula is C22H22FN3O2S. The molecule has 0 spiro atoms. The van der Waals surface area contributed by atoms with E-state index in [0.717, 1.165) is 44.2 Å². The minimum atomic E-state index is -0.334. The Morgan fingerprint density at radius 3 is 2.52 bits per heavy atom. The van der Waals surface area contributed by atoms with Crippen LogP contribution in [0.15, 0.2) is 65.3 Å². The molecule has 5 nitrogen and oxygen atoms in total. The van der Waals surface area contributed by atoms with E-state index in [1.54, 1.807) is 34.9 Å². The molecule has 0 radical (unpaired) electrons. The lowest BCUT2D eigenvalue weighted by Crippen LogP contribution is -2.38. The van der Waals surface area contributed by atoms with Crippen LogP contribution in [-0.4, -0.2) is 54.6 Å². The van der Waals surface area contributed by atoms with Crippen LogP contribution in [0.25, 0.3) is 6.08 Å². The standard InChI is InChI=1S/C22H22FN3O2S/c23-18-6-8-19(9-7-18)26-21(27)20(16-17-4-2-1-3-5-17)24-22(26)29-15-12-25-10-13-28-14-11-25/h1-9,16H,10-15H2/b20-16+. The van der Waals surface area contributed by atoms with Gasteiger partial charge in [0.2, 0.25) is 0 Å². The van der Waals surface area contributed by atoms with Gasteiger partial charge in [-0.25, -0.2) is 9.38 Å². The van der Waals surface area contributed by atoms with Gasteiger partial charge in [-0.2, -0.15) is 0 Å². The fourth-order valence-corrected chi connectivity index (χ4v) is 4.22. The van der Waals surface area contributed by atoms with Crippen LogP contribution in [0.2, 0.25) is 0 Å². The van der Waals surface area contributed by atoms with Gasteiger partial charge in [-0.15, -0.1) is 0 Å². The zero-order chi connectivity index (χ0) is 20.1. The number of aliphatic imine (C=N–C) groups is 1. The molecule has 0 bridgehead atoms. The molecule has 1 saturated heterocycles. The monoisotopic (exact) mass is 411 g/mol. The van der Waals surface area contributed by atoms with Gasteiger partial charge in [0.25, 0.3) is 5.91 Å². The van der Waals surface area contributed by atoms with Crippen LogP contribution in [-0.2, 0) is 9.53 Å². The maximum atomic E-state index is 13.4. The van der Waals surface area contributed by atoms with E-state index in [0.29, 0.717) is 16.6 Å². The molecule has 29 heavy (non-hydrogen) atoms. The fraction of sp³-hybridized carbons (Fsp3) is 0.273. The number of hydrogen-bond donors (Lipinski definition) is 0. The number of thioether (sulfide) groups is 1. The van der Waals surface area contributed by atoms with Crippen LogP contribution in [0.5, 0.6) is 0 Å². The molecule has 2 aliphatic rings. The normalized spacial score (nSPS) is 19.1. The molecule has 2 heterocycles. The van der Waals surface area contributed by atoms with Crippen LogP contribution < -0.4 is 4.90 Å². The first kappa shape index (κ1) is 19.8. The number of amidine groups is 1. The molecule has 1 amide bonds. The first-order valence-corrected chi connectivity index (χ1v) is 10.6. The number of ether oxygens (including phenoxy) is 1. The number of morpholine rings is 1. The van der Waals surface area contributed by atoms with E-state index in [1.165, 1.54) is 12.1 Å². The first-order chi connectivity index (χ1) is 14.2. The largest absolute Gasteiger partial charge is 0.379 e. The Labute approximate surface area is 173 Å². The van der Waals surface area contributed by atoms with E-state index in [1.807, 2.05) is 30.3 Å². The van der Waals surface area contributed by atoms with E-state index in [-0.39, 0.29) is 11.7 Å². The molecule has 2 aromatic rings. The number of nitrogens with zero attached hydrogens (tertiary/aromatic N) is 3. The topological polar surface area (TPSA) is 45.1 Å². The number of amides is 1. The Kier molecular flexibility index (Phi) is 6.39. The SMILES string of the molecule is O=C1/C(=C\c2ccccc2)N=C(SCCN2CCOCC2)N1c1ccc(F)cc1. The lowest BCUT2D eigenvalue weighted by Gasteiger charge is -2.26. The van der Waals surface area contributed by atoms with Gasteiger partial charge < -0.3 is 4.74 Å². The average molecular weight is 412 g/mol. The van der Waals surface area contributed by atoms with Crippen molar-refractivity contribution in [3.63, 3.8) is 0 Å². The quantitative estimate of drug-likeness (QED) is 0.705. The summed E-state index contributed by atoms with van der Waals surface area (Å²) < 4.78 is 18.8. The fourth-order valence-electron chi connectivity index (χ4n) is 3.21. The Morgan fingerprint density at radius 1 is 1.07 bits per heavy atom. The predicted octanol–water partition coefficient (Wildman–Crippen LogP) is 3.63. The van der Waals surface area contributed by atoms with Crippen LogP contribution in [0.3, 0.4) is 0 Å². The van der Waals surface area contributed by atoms with Crippen molar-refractivity contribution in [3.05, 3.63) is 71.7 Å². The molecule has 2 aromatic carbocycles. The number of carbonyl (C=O) groups is 1. The molecule has 0 N–H and O–H groups in total. The molecule has 7 heteroatoms. The summed E-state index contributed by atoms with van der Waals surface area (Å²) in [5, 5.41) is 0.622. The molecule has 1 fully saturated rings. The van der Waals surface area contributed by atoms with E-state index >= 15 is 0 Å². The number of carbonyl (C=O) groups excluding carboxylic acids is 1. The minimum absolute atomic E-state index is 0.200. The van der Waals surface area contributed by atoms with Crippen LogP contribution >= 0.6 is 11.8 Å². The zero-order valence-electron chi connectivity index (χ0n) is 16.0. The van der Waals surface area contributed by atoms with Crippen molar-refractivity contribution in [2.45, 2.75) is 0 Å². The summed E-state index contributed by atoms with van der Waals surface area (Å²) in [6, 6.07) is 15.6. The average Bonchev–Trinajstić information content (AvgIpc) is 3.05. The van der Waals surface area contributed by atoms with Gasteiger partial charge in [0.1, 0.15) is 11.5 Å². The summed E-state index contributed by atoms with van der Waals surface area (Å²) in [7, 11) is 0. The Hall–Kier alpha value is -2.48. The summed E-state index contributed by atoms with van der Waals surface area (Å²) >= 11 is 1.54. The second-order valence-corrected chi connectivity index (χ2v) is 7.82. The van der Waals surface area contributed by atoms with Crippen LogP contribution in [0.4, 0.5) is 10.1 Å². The molecular weight excluding hydrogens is 389 g/mol. The van der Waals surface area contributed by atoms with Crippen LogP contribution in [0.1, 0.15) is 5.56 Å². The molecule has 4 rings (SSSR count). The highest BCUT2D eigenvalue weighted by Crippen LogP contribution is 2.29. The number of halogens is 1. The molecule has 0 aliphatic carbocycles. The summed E-state index contributed by atoms with van der Waals surface area (Å²) in [5.41, 5.74) is 1.91. The van der Waals surface area contributed by atoms with E-state index in [2.05, 4.69) is 9.89 Å². The van der Waals surface area contributed by atoms with Crippen molar-refractivity contribution < 1.29 is 13.9 Å². The van der Waals surface area contributed by atoms with Gasteiger partial charge in [-0.1, -0.05) is 42.1 Å². The highest BCUT2D eigenvalue weighted by Gasteiger charge is 2.32. The van der Waals surface area contributed by atoms with Gasteiger partial charge in [0.15, 0.2) is 5.17 Å². The zero-order valence-corrected chi connectivity index (χ0v) is 16.8. The van der Waals surface area contributed by atoms with Crippen molar-refractivity contribution in [3.8, 4) is 0 Å². The van der Waals surface area contributed by atoms with E-state index < -0.39 is 0 Å². The van der Waals surface area contributed by atoms with Crippen molar-refractivity contribution in [1.82, 2.24) is 4.90 Å². The predicted molar refractivity (Wildman–Crippen MR) is 115 cm³/mol. The maximum Gasteiger partial charge on any atom is 0.283 e. The summed E-state index contributed by atoms with van der Waals surface area (Å²) in [5.74, 6) is 0.274. The smallest absolute Gasteiger partial charge is 0.283 e. The second-order valence-electron chi connectivity index (χ2n) is 6.75. The van der Waals surface area contributed by atoms with Gasteiger partial charge in [0, 0.05) is 25.4 Å². The third-order valence-corrected chi connectivity index (χ3v) is 5.68. The maximum absolute atomic E-state index is 13.4. The van der Waals surface area contributed by atoms with E-state index in [4.69, 9.17) is 4.74 Å². The summed E-state index contributed by atoms with van der Waals surface area (Å²) in [4.78, 5) is 21.6. The lowest BCUT2D eigenvalue weighted by molar-refractivity contribution is -0.113. The van der Waals surface area contributed by atoms with Gasteiger partial charge in [-0.05, 0) is 35.9 Å². The van der Waals surface area contributed by atoms with Crippen molar-refractivity contribution in [2.24, 2.45) is 4.99 Å². The highest BCUT2D eigenvalue weighted by molar-refractivity contribution is 8.14. The number of hydrogen-bond acceptors (Lipinski definition) is 5. The summed E-state index contributed by atoms with van der Waals surface area (Å²) in [6.45, 7) is 4.27. The van der Waals surface area contributed by atoms with Crippen LogP contribution in [0, 0.1) is 5.82 Å². The Morgan fingerprint density at radius 2 is 1.79 bits per heavy atom. The third-order valence-electron chi connectivity index (χ3n) is 4.76. The highest BCUT2D eigenvalue weighted by atomic mass is 32.2. The van der Waals surface area contributed by atoms with Crippen molar-refractivity contribution in [1.29, 1.82) is 0 Å². The second kappa shape index (κ2) is 9.35. The Balaban J connectivity index is 1.54. The number of anilines is 1. The van der Waals surface area contributed by atoms with Gasteiger partial charge in [0.05, 0.1) is 18.9 Å². The molecule has 2 aliphatic heterocycles. The molecule has 0 atom stereocenters. The van der Waals surface area contributed by atoms with Crippen molar-refractivity contribution in [2.75, 3.05) is 43.5 Å². The van der Waals surface area contributed by atoms with Crippen molar-refractivity contribution >= 4 is 34.6 Å². The summed E-state index contributed by atoms with van der Waals surface area (Å²) in [6.07, 6.45) is 1.79. The first-order valence-electron chi connectivity index (χ1n) is 9.59. The minimum Gasteiger partial charge on any atom is -0.379 e. The Bertz CT molecular complexity index is 909. The van der Waals surface area contributed by atoms with Gasteiger partial charge in [-0.3, -0.25) is 14.6 Å². The number of rotatable bonds is 5. The third kappa shape index (κ3) is 4.93. The molecule has 150 valence electrons. The molecule has 0 saturated carbocycles. The van der Waals surface area contributed by atoms with E-state index in [9.17, 15) is 9.18 Å². The lowest BCUT2D eigenvalue weighted by atomic mass is 10.2. The molecule has 0 aromatic heterocycles. The number of benzene rings is 2. The van der Waals surface area contributed by atoms with Gasteiger partial charge >= 0.3 is 0 Å². The molecule has 0 unspecified atom stereocenters.